The molecule has 1 saturated carbocycles. The van der Waals surface area contributed by atoms with E-state index >= 15 is 0 Å². The maximum absolute atomic E-state index is 3.56. The Morgan fingerprint density at radius 2 is 1.94 bits per heavy atom. The Bertz CT molecular complexity index is 239. The van der Waals surface area contributed by atoms with Gasteiger partial charge in [0.2, 0.25) is 0 Å². The van der Waals surface area contributed by atoms with Crippen molar-refractivity contribution in [3.05, 3.63) is 0 Å². The number of nitrogens with one attached hydrogen (secondary N) is 1. The second-order valence-electron chi connectivity index (χ2n) is 6.67. The molecule has 0 spiro atoms. The molecule has 0 amide bonds. The molecule has 0 radical (unpaired) electrons. The van der Waals surface area contributed by atoms with Crippen LogP contribution in [0.3, 0.4) is 0 Å². The van der Waals surface area contributed by atoms with Crippen molar-refractivity contribution in [1.29, 1.82) is 0 Å². The van der Waals surface area contributed by atoms with E-state index in [1.54, 1.807) is 0 Å². The smallest absolute Gasteiger partial charge is 0.0252 e. The van der Waals surface area contributed by atoms with Gasteiger partial charge in [0.1, 0.15) is 0 Å². The minimum atomic E-state index is 0.732. The standard InChI is InChI=1S/C15H30N2/c1-11(2)13-5-6-14(16-4)15(9-13)17-8-7-12(3)10-17/h11-16H,5-10H2,1-4H3. The topological polar surface area (TPSA) is 15.3 Å². The lowest BCUT2D eigenvalue weighted by atomic mass is 9.76. The molecule has 2 aliphatic rings. The maximum Gasteiger partial charge on any atom is 0.0252 e. The molecule has 1 saturated heterocycles. The quantitative estimate of drug-likeness (QED) is 0.813. The molecule has 4 atom stereocenters. The lowest BCUT2D eigenvalue weighted by Gasteiger charge is -2.42. The van der Waals surface area contributed by atoms with Gasteiger partial charge in [-0.2, -0.15) is 0 Å². The summed E-state index contributed by atoms with van der Waals surface area (Å²) in [4.78, 5) is 2.76. The minimum absolute atomic E-state index is 0.732. The zero-order valence-electron chi connectivity index (χ0n) is 12.1. The SMILES string of the molecule is CNC1CCC(C(C)C)CC1N1CCC(C)C1. The summed E-state index contributed by atoms with van der Waals surface area (Å²) in [5, 5.41) is 3.56. The van der Waals surface area contributed by atoms with Crippen LogP contribution in [-0.2, 0) is 0 Å². The monoisotopic (exact) mass is 238 g/mol. The van der Waals surface area contributed by atoms with Gasteiger partial charge in [0, 0.05) is 18.6 Å². The van der Waals surface area contributed by atoms with E-state index in [1.807, 2.05) is 0 Å². The third kappa shape index (κ3) is 3.03. The number of nitrogens with zero attached hydrogens (tertiary/aromatic N) is 1. The highest BCUT2D eigenvalue weighted by molar-refractivity contribution is 4.93. The Morgan fingerprint density at radius 3 is 2.47 bits per heavy atom. The summed E-state index contributed by atoms with van der Waals surface area (Å²) in [6.07, 6.45) is 5.60. The van der Waals surface area contributed by atoms with E-state index in [-0.39, 0.29) is 0 Å². The van der Waals surface area contributed by atoms with Gasteiger partial charge in [0.05, 0.1) is 0 Å². The van der Waals surface area contributed by atoms with E-state index in [2.05, 4.69) is 38.0 Å². The summed E-state index contributed by atoms with van der Waals surface area (Å²) >= 11 is 0. The molecule has 1 aliphatic carbocycles. The van der Waals surface area contributed by atoms with E-state index in [0.29, 0.717) is 0 Å². The lowest BCUT2D eigenvalue weighted by Crippen LogP contribution is -2.52. The Hall–Kier alpha value is -0.0800. The summed E-state index contributed by atoms with van der Waals surface area (Å²) in [5.41, 5.74) is 0. The third-order valence-electron chi connectivity index (χ3n) is 5.10. The minimum Gasteiger partial charge on any atom is -0.315 e. The van der Waals surface area contributed by atoms with Crippen LogP contribution in [-0.4, -0.2) is 37.1 Å². The Morgan fingerprint density at radius 1 is 1.18 bits per heavy atom. The van der Waals surface area contributed by atoms with Crippen molar-refractivity contribution in [2.45, 2.75) is 58.5 Å². The Kier molecular flexibility index (Phi) is 4.48. The first-order chi connectivity index (χ1) is 8.11. The number of hydrogen-bond donors (Lipinski definition) is 1. The zero-order valence-corrected chi connectivity index (χ0v) is 12.1. The van der Waals surface area contributed by atoms with Crippen molar-refractivity contribution >= 4 is 0 Å². The van der Waals surface area contributed by atoms with Crippen LogP contribution in [0.4, 0.5) is 0 Å². The van der Waals surface area contributed by atoms with E-state index in [4.69, 9.17) is 0 Å². The average molecular weight is 238 g/mol. The number of hydrogen-bond acceptors (Lipinski definition) is 2. The molecule has 100 valence electrons. The van der Waals surface area contributed by atoms with Crippen molar-refractivity contribution in [1.82, 2.24) is 10.2 Å². The second kappa shape index (κ2) is 5.71. The van der Waals surface area contributed by atoms with E-state index in [9.17, 15) is 0 Å². The predicted octanol–water partition coefficient (Wildman–Crippen LogP) is 2.74. The van der Waals surface area contributed by atoms with Crippen molar-refractivity contribution in [2.24, 2.45) is 17.8 Å². The fraction of sp³-hybridized carbons (Fsp3) is 1.00. The summed E-state index contributed by atoms with van der Waals surface area (Å²) in [5.74, 6) is 2.71. The van der Waals surface area contributed by atoms with Gasteiger partial charge in [0.15, 0.2) is 0 Å². The highest BCUT2D eigenvalue weighted by Crippen LogP contribution is 2.34. The fourth-order valence-electron chi connectivity index (χ4n) is 3.79. The summed E-state index contributed by atoms with van der Waals surface area (Å²) in [7, 11) is 2.15. The lowest BCUT2D eigenvalue weighted by molar-refractivity contribution is 0.102. The molecule has 1 aliphatic heterocycles. The highest BCUT2D eigenvalue weighted by Gasteiger charge is 2.36. The van der Waals surface area contributed by atoms with Crippen LogP contribution in [0, 0.1) is 17.8 Å². The van der Waals surface area contributed by atoms with Crippen LogP contribution in [0.15, 0.2) is 0 Å². The maximum atomic E-state index is 3.56. The summed E-state index contributed by atoms with van der Waals surface area (Å²) in [6.45, 7) is 9.85. The van der Waals surface area contributed by atoms with Crippen LogP contribution in [0.5, 0.6) is 0 Å². The van der Waals surface area contributed by atoms with Crippen molar-refractivity contribution in [2.75, 3.05) is 20.1 Å². The molecule has 0 aromatic rings. The van der Waals surface area contributed by atoms with E-state index < -0.39 is 0 Å². The molecule has 0 bridgehead atoms. The summed E-state index contributed by atoms with van der Waals surface area (Å²) < 4.78 is 0. The average Bonchev–Trinajstić information content (AvgIpc) is 2.74. The molecule has 2 fully saturated rings. The molecule has 1 heterocycles. The first-order valence-electron chi connectivity index (χ1n) is 7.53. The Labute approximate surface area is 107 Å². The van der Waals surface area contributed by atoms with Crippen molar-refractivity contribution < 1.29 is 0 Å². The van der Waals surface area contributed by atoms with Gasteiger partial charge < -0.3 is 5.32 Å². The van der Waals surface area contributed by atoms with Crippen molar-refractivity contribution in [3.63, 3.8) is 0 Å². The molecular formula is C15H30N2. The second-order valence-corrected chi connectivity index (χ2v) is 6.67. The number of rotatable bonds is 3. The van der Waals surface area contributed by atoms with Crippen LogP contribution in [0.1, 0.15) is 46.5 Å². The molecule has 0 aromatic heterocycles. The predicted molar refractivity (Wildman–Crippen MR) is 74.2 cm³/mol. The molecule has 17 heavy (non-hydrogen) atoms. The molecule has 2 nitrogen and oxygen atoms in total. The molecular weight excluding hydrogens is 208 g/mol. The Balaban J connectivity index is 1.99. The molecule has 1 N–H and O–H groups in total. The number of likely N-dealkylation sites (tertiary alicyclic amines) is 1. The molecule has 2 rings (SSSR count). The first kappa shape index (κ1) is 13.4. The van der Waals surface area contributed by atoms with Gasteiger partial charge in [-0.1, -0.05) is 20.8 Å². The first-order valence-corrected chi connectivity index (χ1v) is 7.53. The van der Waals surface area contributed by atoms with Crippen LogP contribution in [0.25, 0.3) is 0 Å². The van der Waals surface area contributed by atoms with E-state index in [0.717, 1.165) is 29.8 Å². The molecule has 4 unspecified atom stereocenters. The normalized spacial score (nSPS) is 40.1. The third-order valence-corrected chi connectivity index (χ3v) is 5.10. The van der Waals surface area contributed by atoms with E-state index in [1.165, 1.54) is 38.8 Å². The van der Waals surface area contributed by atoms with Gasteiger partial charge in [-0.15, -0.1) is 0 Å². The summed E-state index contributed by atoms with van der Waals surface area (Å²) in [6, 6.07) is 1.53. The molecule has 0 aromatic carbocycles. The van der Waals surface area contributed by atoms with Gasteiger partial charge in [-0.3, -0.25) is 4.90 Å². The van der Waals surface area contributed by atoms with Crippen LogP contribution >= 0.6 is 0 Å². The number of likely N-dealkylation sites (N-methyl/N-ethyl adjacent to an activating group) is 1. The van der Waals surface area contributed by atoms with Crippen LogP contribution in [0.2, 0.25) is 0 Å². The van der Waals surface area contributed by atoms with Crippen molar-refractivity contribution in [3.8, 4) is 0 Å². The van der Waals surface area contributed by atoms with Gasteiger partial charge in [-0.05, 0) is 57.0 Å². The largest absolute Gasteiger partial charge is 0.315 e. The zero-order chi connectivity index (χ0) is 12.4. The van der Waals surface area contributed by atoms with Gasteiger partial charge in [0.25, 0.3) is 0 Å². The fourth-order valence-corrected chi connectivity index (χ4v) is 3.79. The van der Waals surface area contributed by atoms with Gasteiger partial charge >= 0.3 is 0 Å². The van der Waals surface area contributed by atoms with Crippen LogP contribution < -0.4 is 5.32 Å². The molecule has 2 heteroatoms. The van der Waals surface area contributed by atoms with Gasteiger partial charge in [-0.25, -0.2) is 0 Å². The highest BCUT2D eigenvalue weighted by atomic mass is 15.2.